The van der Waals surface area contributed by atoms with E-state index in [2.05, 4.69) is 50.1 Å². The van der Waals surface area contributed by atoms with Crippen LogP contribution < -0.4 is 4.90 Å². The van der Waals surface area contributed by atoms with Gasteiger partial charge in [0.25, 0.3) is 0 Å². The standard InChI is InChI=1S/C22H28N4O/c27-21(20-9-15-26(16-10-20)22-23-11-4-12-24-22)25-13-7-19(8-14-25)17-18-5-2-1-3-6-18/h1-6,11-12,19-20H,7-10,13-17H2. The van der Waals surface area contributed by atoms with Crippen molar-refractivity contribution in [1.82, 2.24) is 14.9 Å². The number of carbonyl (C=O) groups is 1. The SMILES string of the molecule is O=C(C1CCN(c2ncccn2)CC1)N1CCC(Cc2ccccc2)CC1. The van der Waals surface area contributed by atoms with Crippen LogP contribution in [0.25, 0.3) is 0 Å². The molecule has 5 heteroatoms. The van der Waals surface area contributed by atoms with Gasteiger partial charge in [-0.2, -0.15) is 0 Å². The number of likely N-dealkylation sites (tertiary alicyclic amines) is 1. The van der Waals surface area contributed by atoms with Crippen molar-refractivity contribution in [3.63, 3.8) is 0 Å². The fourth-order valence-corrected chi connectivity index (χ4v) is 4.34. The van der Waals surface area contributed by atoms with Crippen molar-refractivity contribution in [2.45, 2.75) is 32.1 Å². The van der Waals surface area contributed by atoms with E-state index >= 15 is 0 Å². The van der Waals surface area contributed by atoms with Gasteiger partial charge < -0.3 is 9.80 Å². The van der Waals surface area contributed by atoms with Crippen molar-refractivity contribution in [3.05, 3.63) is 54.4 Å². The molecular formula is C22H28N4O. The molecule has 142 valence electrons. The first-order valence-corrected chi connectivity index (χ1v) is 10.1. The highest BCUT2D eigenvalue weighted by Crippen LogP contribution is 2.26. The predicted octanol–water partition coefficient (Wildman–Crippen LogP) is 3.17. The van der Waals surface area contributed by atoms with Crippen molar-refractivity contribution < 1.29 is 4.79 Å². The summed E-state index contributed by atoms with van der Waals surface area (Å²) in [6.45, 7) is 3.56. The fraction of sp³-hybridized carbons (Fsp3) is 0.500. The first kappa shape index (κ1) is 18.0. The molecule has 2 aliphatic rings. The van der Waals surface area contributed by atoms with E-state index in [4.69, 9.17) is 0 Å². The van der Waals surface area contributed by atoms with Crippen LogP contribution in [0.15, 0.2) is 48.8 Å². The van der Waals surface area contributed by atoms with Gasteiger partial charge in [0, 0.05) is 44.5 Å². The zero-order chi connectivity index (χ0) is 18.5. The second kappa shape index (κ2) is 8.51. The minimum Gasteiger partial charge on any atom is -0.342 e. The molecule has 4 rings (SSSR count). The molecule has 0 aliphatic carbocycles. The number of carbonyl (C=O) groups excluding carboxylic acids is 1. The number of piperidine rings is 2. The van der Waals surface area contributed by atoms with E-state index in [-0.39, 0.29) is 5.92 Å². The molecule has 3 heterocycles. The maximum atomic E-state index is 12.9. The number of rotatable bonds is 4. The van der Waals surface area contributed by atoms with Crippen LogP contribution in [0.5, 0.6) is 0 Å². The zero-order valence-electron chi connectivity index (χ0n) is 15.8. The number of hydrogen-bond donors (Lipinski definition) is 0. The van der Waals surface area contributed by atoms with E-state index < -0.39 is 0 Å². The van der Waals surface area contributed by atoms with Crippen LogP contribution in [-0.4, -0.2) is 47.0 Å². The lowest BCUT2D eigenvalue weighted by Gasteiger charge is -2.37. The van der Waals surface area contributed by atoms with Gasteiger partial charge in [0.2, 0.25) is 11.9 Å². The minimum atomic E-state index is 0.163. The van der Waals surface area contributed by atoms with Crippen LogP contribution in [0.4, 0.5) is 5.95 Å². The molecule has 1 amide bonds. The summed E-state index contributed by atoms with van der Waals surface area (Å²) in [5.74, 6) is 2.01. The quantitative estimate of drug-likeness (QED) is 0.836. The molecule has 0 spiro atoms. The Hall–Kier alpha value is -2.43. The minimum absolute atomic E-state index is 0.163. The molecule has 2 aliphatic heterocycles. The number of nitrogens with zero attached hydrogens (tertiary/aromatic N) is 4. The molecule has 0 bridgehead atoms. The molecule has 0 saturated carbocycles. The Morgan fingerprint density at radius 1 is 0.889 bits per heavy atom. The average Bonchev–Trinajstić information content (AvgIpc) is 2.75. The van der Waals surface area contributed by atoms with E-state index in [0.717, 1.165) is 64.2 Å². The van der Waals surface area contributed by atoms with E-state index in [9.17, 15) is 4.79 Å². The molecule has 0 atom stereocenters. The van der Waals surface area contributed by atoms with Crippen LogP contribution in [0.2, 0.25) is 0 Å². The number of amides is 1. The highest BCUT2D eigenvalue weighted by Gasteiger charge is 2.31. The summed E-state index contributed by atoms with van der Waals surface area (Å²) in [6, 6.07) is 12.5. The van der Waals surface area contributed by atoms with Crippen LogP contribution in [-0.2, 0) is 11.2 Å². The van der Waals surface area contributed by atoms with Crippen molar-refractivity contribution in [1.29, 1.82) is 0 Å². The van der Waals surface area contributed by atoms with Gasteiger partial charge in [-0.15, -0.1) is 0 Å². The molecule has 0 N–H and O–H groups in total. The molecule has 2 aromatic rings. The van der Waals surface area contributed by atoms with Gasteiger partial charge in [-0.05, 0) is 49.7 Å². The largest absolute Gasteiger partial charge is 0.342 e. The van der Waals surface area contributed by atoms with Crippen molar-refractivity contribution in [2.24, 2.45) is 11.8 Å². The average molecular weight is 364 g/mol. The Balaban J connectivity index is 1.24. The van der Waals surface area contributed by atoms with Gasteiger partial charge in [-0.25, -0.2) is 9.97 Å². The third-order valence-corrected chi connectivity index (χ3v) is 5.97. The smallest absolute Gasteiger partial charge is 0.225 e. The normalized spacial score (nSPS) is 19.3. The van der Waals surface area contributed by atoms with E-state index in [1.54, 1.807) is 12.4 Å². The lowest BCUT2D eigenvalue weighted by molar-refractivity contribution is -0.137. The first-order valence-electron chi connectivity index (χ1n) is 10.1. The van der Waals surface area contributed by atoms with Crippen molar-refractivity contribution in [2.75, 3.05) is 31.1 Å². The number of anilines is 1. The predicted molar refractivity (Wildman–Crippen MR) is 106 cm³/mol. The summed E-state index contributed by atoms with van der Waals surface area (Å²) < 4.78 is 0. The fourth-order valence-electron chi connectivity index (χ4n) is 4.34. The van der Waals surface area contributed by atoms with Gasteiger partial charge in [0.15, 0.2) is 0 Å². The maximum absolute atomic E-state index is 12.9. The van der Waals surface area contributed by atoms with Crippen LogP contribution in [0.3, 0.4) is 0 Å². The Morgan fingerprint density at radius 2 is 1.56 bits per heavy atom. The number of hydrogen-bond acceptors (Lipinski definition) is 4. The topological polar surface area (TPSA) is 49.3 Å². The van der Waals surface area contributed by atoms with Gasteiger partial charge in [0.1, 0.15) is 0 Å². The second-order valence-electron chi connectivity index (χ2n) is 7.77. The Morgan fingerprint density at radius 3 is 2.22 bits per heavy atom. The highest BCUT2D eigenvalue weighted by molar-refractivity contribution is 5.79. The summed E-state index contributed by atoms with van der Waals surface area (Å²) in [5, 5.41) is 0. The molecule has 2 saturated heterocycles. The van der Waals surface area contributed by atoms with Crippen molar-refractivity contribution >= 4 is 11.9 Å². The highest BCUT2D eigenvalue weighted by atomic mass is 16.2. The summed E-state index contributed by atoms with van der Waals surface area (Å²) in [4.78, 5) is 25.9. The molecule has 1 aromatic carbocycles. The second-order valence-corrected chi connectivity index (χ2v) is 7.77. The number of benzene rings is 1. The summed E-state index contributed by atoms with van der Waals surface area (Å²) in [6.07, 6.45) is 8.74. The van der Waals surface area contributed by atoms with E-state index in [1.807, 2.05) is 6.07 Å². The molecule has 1 aromatic heterocycles. The number of aromatic nitrogens is 2. The first-order chi connectivity index (χ1) is 13.3. The van der Waals surface area contributed by atoms with Crippen LogP contribution in [0, 0.1) is 11.8 Å². The molecule has 27 heavy (non-hydrogen) atoms. The lowest BCUT2D eigenvalue weighted by atomic mass is 9.88. The van der Waals surface area contributed by atoms with E-state index in [0.29, 0.717) is 11.8 Å². The summed E-state index contributed by atoms with van der Waals surface area (Å²) in [7, 11) is 0. The van der Waals surface area contributed by atoms with E-state index in [1.165, 1.54) is 5.56 Å². The molecule has 2 fully saturated rings. The third-order valence-electron chi connectivity index (χ3n) is 5.97. The van der Waals surface area contributed by atoms with Crippen LogP contribution >= 0.6 is 0 Å². The van der Waals surface area contributed by atoms with Gasteiger partial charge in [-0.3, -0.25) is 4.79 Å². The Labute approximate surface area is 161 Å². The van der Waals surface area contributed by atoms with Crippen molar-refractivity contribution in [3.8, 4) is 0 Å². The molecule has 0 radical (unpaired) electrons. The van der Waals surface area contributed by atoms with Crippen LogP contribution in [0.1, 0.15) is 31.2 Å². The van der Waals surface area contributed by atoms with Gasteiger partial charge >= 0.3 is 0 Å². The monoisotopic (exact) mass is 364 g/mol. The molecule has 5 nitrogen and oxygen atoms in total. The summed E-state index contributed by atoms with van der Waals surface area (Å²) in [5.41, 5.74) is 1.41. The molecule has 0 unspecified atom stereocenters. The zero-order valence-corrected chi connectivity index (χ0v) is 15.8. The Bertz CT molecular complexity index is 720. The maximum Gasteiger partial charge on any atom is 0.225 e. The van der Waals surface area contributed by atoms with Gasteiger partial charge in [0.05, 0.1) is 0 Å². The lowest BCUT2D eigenvalue weighted by Crippen LogP contribution is -2.46. The Kier molecular flexibility index (Phi) is 5.66. The third kappa shape index (κ3) is 4.46. The molecular weight excluding hydrogens is 336 g/mol. The summed E-state index contributed by atoms with van der Waals surface area (Å²) >= 11 is 0. The van der Waals surface area contributed by atoms with Gasteiger partial charge in [-0.1, -0.05) is 30.3 Å².